The van der Waals surface area contributed by atoms with Crippen molar-refractivity contribution >= 4 is 75.1 Å². The summed E-state index contributed by atoms with van der Waals surface area (Å²) in [7, 11) is -16.5. The number of carbonyl (C=O) groups is 4. The van der Waals surface area contributed by atoms with Gasteiger partial charge >= 0.3 is 29.4 Å². The number of fused-ring (bicyclic) bond motifs is 1. The SMILES string of the molecule is CC(CO)(CCC(=O)O)C(=O)SCCNC(=O)CCNC(=O)[C@H](O)C(C)(C)COP(=O)(O)OP(=O)(O)OC[C@H]1O[C@@H](n2cnc3c(N)ncnc32)[C@H](O)[C@@H]1OP(=O)(O)O. The van der Waals surface area contributed by atoms with Gasteiger partial charge < -0.3 is 61.1 Å². The first kappa shape index (κ1) is 50.3. The molecule has 1 fully saturated rings. The largest absolute Gasteiger partial charge is 0.481 e. The number of aromatic nitrogens is 4. The number of hydrogen-bond donors (Lipinski definition) is 11. The lowest BCUT2D eigenvalue weighted by Gasteiger charge is -2.30. The van der Waals surface area contributed by atoms with Gasteiger partial charge in [0.2, 0.25) is 11.8 Å². The van der Waals surface area contributed by atoms with E-state index in [4.69, 9.17) is 24.6 Å². The Bertz CT molecular complexity index is 1970. The van der Waals surface area contributed by atoms with Crippen molar-refractivity contribution in [1.82, 2.24) is 30.2 Å². The summed E-state index contributed by atoms with van der Waals surface area (Å²) in [4.78, 5) is 98.9. The number of carbonyl (C=O) groups excluding carboxylic acids is 3. The number of ether oxygens (including phenoxy) is 1. The number of nitrogens with two attached hydrogens (primary N) is 1. The highest BCUT2D eigenvalue weighted by Gasteiger charge is 2.50. The molecule has 2 aromatic heterocycles. The first-order valence-electron chi connectivity index (χ1n) is 17.1. The molecule has 0 radical (unpaired) electrons. The van der Waals surface area contributed by atoms with Gasteiger partial charge in [0.25, 0.3) is 0 Å². The molecule has 3 rings (SSSR count). The Morgan fingerprint density at radius 3 is 2.31 bits per heavy atom. The van der Waals surface area contributed by atoms with Crippen LogP contribution >= 0.6 is 35.2 Å². The van der Waals surface area contributed by atoms with E-state index in [1.165, 1.54) is 20.8 Å². The summed E-state index contributed by atoms with van der Waals surface area (Å²) in [5.74, 6) is -2.66. The van der Waals surface area contributed by atoms with E-state index < -0.39 is 108 Å². The Morgan fingerprint density at radius 1 is 1.02 bits per heavy atom. The summed E-state index contributed by atoms with van der Waals surface area (Å²) in [6, 6.07) is 0. The number of amides is 2. The number of anilines is 1. The molecule has 0 bridgehead atoms. The molecule has 1 saturated heterocycles. The van der Waals surface area contributed by atoms with Crippen molar-refractivity contribution < 1.29 is 95.5 Å². The van der Waals surface area contributed by atoms with Crippen molar-refractivity contribution in [3.05, 3.63) is 12.7 Å². The zero-order valence-electron chi connectivity index (χ0n) is 31.5. The standard InChI is InChI=1S/C28H46N7O20P3S/c1-27(2,21(41)24(42)31-7-5-16(37)30-8-9-59-26(43)28(3,11-36)6-4-17(38)39)12-52-58(49,50)55-57(47,48)51-10-15-20(54-56(44,45)46)19(40)25(53-15)35-14-34-18-22(29)32-13-33-23(18)35/h13-15,19-21,25,36,40-41H,4-12H2,1-3H3,(H,30,37)(H,31,42)(H,38,39)(H,47,48)(H,49,50)(H2,29,32,33)(H2,44,45,46)/t15-,19-,20-,21+,25-,28?/m1/s1. The van der Waals surface area contributed by atoms with Crippen LogP contribution in [-0.2, 0) is 55.5 Å². The van der Waals surface area contributed by atoms with E-state index in [0.29, 0.717) is 0 Å². The van der Waals surface area contributed by atoms with Gasteiger partial charge in [-0.05, 0) is 13.3 Å². The van der Waals surface area contributed by atoms with Crippen LogP contribution < -0.4 is 16.4 Å². The molecule has 31 heteroatoms. The molecule has 12 N–H and O–H groups in total. The summed E-state index contributed by atoms with van der Waals surface area (Å²) in [5, 5.41) is 44.2. The van der Waals surface area contributed by atoms with E-state index in [9.17, 15) is 67.8 Å². The minimum Gasteiger partial charge on any atom is -0.481 e. The van der Waals surface area contributed by atoms with Gasteiger partial charge in [0.1, 0.15) is 36.3 Å². The second-order valence-corrected chi connectivity index (χ2v) is 19.1. The molecule has 59 heavy (non-hydrogen) atoms. The average Bonchev–Trinajstić information content (AvgIpc) is 3.70. The number of rotatable bonds is 24. The third-order valence-electron chi connectivity index (χ3n) is 8.47. The maximum atomic E-state index is 12.7. The first-order valence-corrected chi connectivity index (χ1v) is 22.6. The minimum atomic E-state index is -5.60. The highest BCUT2D eigenvalue weighted by molar-refractivity contribution is 8.13. The lowest BCUT2D eigenvalue weighted by Crippen LogP contribution is -2.46. The fraction of sp³-hybridized carbons (Fsp3) is 0.679. The molecular weight excluding hydrogens is 879 g/mol. The number of nitrogens with one attached hydrogen (secondary N) is 2. The van der Waals surface area contributed by atoms with Crippen molar-refractivity contribution in [3.8, 4) is 0 Å². The number of aliphatic carboxylic acids is 1. The van der Waals surface area contributed by atoms with Crippen LogP contribution in [0.25, 0.3) is 11.2 Å². The minimum absolute atomic E-state index is 0.0150. The third kappa shape index (κ3) is 14.8. The summed E-state index contributed by atoms with van der Waals surface area (Å²) < 4.78 is 62.0. The van der Waals surface area contributed by atoms with Crippen LogP contribution in [0.4, 0.5) is 5.82 Å². The third-order valence-corrected chi connectivity index (χ3v) is 12.7. The summed E-state index contributed by atoms with van der Waals surface area (Å²) in [6.07, 6.45) is -7.57. The van der Waals surface area contributed by atoms with Gasteiger partial charge in [0.15, 0.2) is 22.8 Å². The molecule has 8 atom stereocenters. The number of carboxylic acid groups (broad SMARTS) is 1. The van der Waals surface area contributed by atoms with Crippen LogP contribution in [0.2, 0.25) is 0 Å². The van der Waals surface area contributed by atoms with Crippen molar-refractivity contribution in [2.24, 2.45) is 10.8 Å². The van der Waals surface area contributed by atoms with Gasteiger partial charge in [-0.3, -0.25) is 37.3 Å². The number of aliphatic hydroxyl groups excluding tert-OH is 3. The van der Waals surface area contributed by atoms with E-state index in [-0.39, 0.29) is 55.1 Å². The zero-order chi connectivity index (χ0) is 44.6. The molecule has 0 saturated carbocycles. The maximum absolute atomic E-state index is 12.7. The lowest BCUT2D eigenvalue weighted by atomic mass is 9.87. The Labute approximate surface area is 338 Å². The molecular formula is C28H46N7O20P3S. The fourth-order valence-electron chi connectivity index (χ4n) is 5.08. The molecule has 0 aliphatic carbocycles. The van der Waals surface area contributed by atoms with E-state index in [0.717, 1.165) is 29.0 Å². The quantitative estimate of drug-likeness (QED) is 0.0423. The van der Waals surface area contributed by atoms with Crippen LogP contribution in [0.5, 0.6) is 0 Å². The number of thioether (sulfide) groups is 1. The van der Waals surface area contributed by atoms with Gasteiger partial charge in [-0.2, -0.15) is 4.31 Å². The fourth-order valence-corrected chi connectivity index (χ4v) is 8.81. The van der Waals surface area contributed by atoms with Crippen molar-refractivity contribution in [2.75, 3.05) is 44.4 Å². The second kappa shape index (κ2) is 20.7. The predicted molar refractivity (Wildman–Crippen MR) is 199 cm³/mol. The summed E-state index contributed by atoms with van der Waals surface area (Å²) >= 11 is 0.800. The number of carboxylic acids is 1. The highest BCUT2D eigenvalue weighted by atomic mass is 32.2. The van der Waals surface area contributed by atoms with Gasteiger partial charge in [-0.25, -0.2) is 28.6 Å². The molecule has 2 aromatic rings. The highest BCUT2D eigenvalue weighted by Crippen LogP contribution is 2.61. The first-order chi connectivity index (χ1) is 27.2. The van der Waals surface area contributed by atoms with Gasteiger partial charge in [-0.1, -0.05) is 25.6 Å². The van der Waals surface area contributed by atoms with Gasteiger partial charge in [0, 0.05) is 37.1 Å². The maximum Gasteiger partial charge on any atom is 0.481 e. The number of nitrogen functional groups attached to an aromatic ring is 1. The zero-order valence-corrected chi connectivity index (χ0v) is 35.0. The van der Waals surface area contributed by atoms with Crippen molar-refractivity contribution in [1.29, 1.82) is 0 Å². The molecule has 3 unspecified atom stereocenters. The Kier molecular flexibility index (Phi) is 17.7. The normalized spacial score (nSPS) is 22.2. The molecule has 3 heterocycles. The molecule has 27 nitrogen and oxygen atoms in total. The van der Waals surface area contributed by atoms with Crippen molar-refractivity contribution in [3.63, 3.8) is 0 Å². The smallest absolute Gasteiger partial charge is 0.481 e. The van der Waals surface area contributed by atoms with Crippen LogP contribution in [0.1, 0.15) is 46.3 Å². The van der Waals surface area contributed by atoms with E-state index in [1.54, 1.807) is 0 Å². The molecule has 1 aliphatic rings. The number of nitrogens with zero attached hydrogens (tertiary/aromatic N) is 4. The molecule has 1 aliphatic heterocycles. The molecule has 334 valence electrons. The van der Waals surface area contributed by atoms with E-state index >= 15 is 0 Å². The Hall–Kier alpha value is -3.01. The number of phosphoric ester groups is 3. The Balaban J connectivity index is 1.47. The summed E-state index contributed by atoms with van der Waals surface area (Å²) in [6.45, 7) is 0.955. The monoisotopic (exact) mass is 925 g/mol. The van der Waals surface area contributed by atoms with E-state index in [1.807, 2.05) is 0 Å². The average molecular weight is 926 g/mol. The number of aliphatic hydroxyl groups is 3. The number of hydrogen-bond acceptors (Lipinski definition) is 20. The molecule has 0 aromatic carbocycles. The van der Waals surface area contributed by atoms with Crippen LogP contribution in [0.15, 0.2) is 12.7 Å². The number of phosphoric acid groups is 3. The number of imidazole rings is 1. The molecule has 2 amide bonds. The van der Waals surface area contributed by atoms with Crippen LogP contribution in [0.3, 0.4) is 0 Å². The lowest BCUT2D eigenvalue weighted by molar-refractivity contribution is -0.138. The predicted octanol–water partition coefficient (Wildman–Crippen LogP) is -1.47. The van der Waals surface area contributed by atoms with Crippen LogP contribution in [-0.4, -0.2) is 145 Å². The summed E-state index contributed by atoms with van der Waals surface area (Å²) in [5.41, 5.74) is 2.90. The van der Waals surface area contributed by atoms with Crippen LogP contribution in [0, 0.1) is 10.8 Å². The van der Waals surface area contributed by atoms with Crippen molar-refractivity contribution in [2.45, 2.75) is 70.7 Å². The topological polar surface area (TPSA) is 421 Å². The van der Waals surface area contributed by atoms with E-state index in [2.05, 4.69) is 34.4 Å². The molecule has 0 spiro atoms. The van der Waals surface area contributed by atoms with Gasteiger partial charge in [-0.15, -0.1) is 0 Å². The Morgan fingerprint density at radius 2 is 1.68 bits per heavy atom. The second-order valence-electron chi connectivity index (χ2n) is 13.8. The van der Waals surface area contributed by atoms with Gasteiger partial charge in [0.05, 0.1) is 31.6 Å².